The Labute approximate surface area is 109 Å². The van der Waals surface area contributed by atoms with E-state index < -0.39 is 5.54 Å². The molecule has 1 atom stereocenters. The minimum absolute atomic E-state index is 0.00860. The van der Waals surface area contributed by atoms with Crippen molar-refractivity contribution in [1.82, 2.24) is 9.80 Å². The normalized spacial score (nSPS) is 21.1. The van der Waals surface area contributed by atoms with Crippen LogP contribution in [-0.2, 0) is 9.59 Å². The van der Waals surface area contributed by atoms with Gasteiger partial charge >= 0.3 is 0 Å². The number of piperazine rings is 1. The summed E-state index contributed by atoms with van der Waals surface area (Å²) in [6, 6.07) is 0.125. The molecule has 1 fully saturated rings. The Morgan fingerprint density at radius 3 is 2.61 bits per heavy atom. The number of nitrogens with zero attached hydrogens (tertiary/aromatic N) is 2. The van der Waals surface area contributed by atoms with Gasteiger partial charge in [0.15, 0.2) is 0 Å². The third-order valence-corrected chi connectivity index (χ3v) is 3.56. The average molecular weight is 255 g/mol. The van der Waals surface area contributed by atoms with Gasteiger partial charge in [0.05, 0.1) is 0 Å². The molecule has 0 aromatic heterocycles. The molecule has 0 saturated carbocycles. The first-order chi connectivity index (χ1) is 8.26. The Hall–Kier alpha value is -1.10. The lowest BCUT2D eigenvalue weighted by Crippen LogP contribution is -2.63. The molecule has 0 aromatic rings. The third-order valence-electron chi connectivity index (χ3n) is 3.56. The summed E-state index contributed by atoms with van der Waals surface area (Å²) >= 11 is 0. The van der Waals surface area contributed by atoms with E-state index in [1.54, 1.807) is 16.8 Å². The van der Waals surface area contributed by atoms with Crippen molar-refractivity contribution in [1.29, 1.82) is 0 Å². The zero-order chi connectivity index (χ0) is 13.9. The molecule has 5 heteroatoms. The molecule has 0 aliphatic carbocycles. The summed E-state index contributed by atoms with van der Waals surface area (Å²) in [5.41, 5.74) is 4.94. The third kappa shape index (κ3) is 3.22. The van der Waals surface area contributed by atoms with Crippen molar-refractivity contribution in [2.24, 2.45) is 5.73 Å². The van der Waals surface area contributed by atoms with Gasteiger partial charge in [-0.25, -0.2) is 0 Å². The fraction of sp³-hybridized carbons (Fsp3) is 0.846. The summed E-state index contributed by atoms with van der Waals surface area (Å²) in [5, 5.41) is 0. The summed E-state index contributed by atoms with van der Waals surface area (Å²) < 4.78 is 0. The van der Waals surface area contributed by atoms with Crippen molar-refractivity contribution in [3.05, 3.63) is 0 Å². The second-order valence-corrected chi connectivity index (χ2v) is 5.70. The van der Waals surface area contributed by atoms with E-state index in [1.807, 2.05) is 20.8 Å². The molecule has 1 rings (SSSR count). The lowest BCUT2D eigenvalue weighted by Gasteiger charge is -2.44. The highest BCUT2D eigenvalue weighted by Gasteiger charge is 2.42. The Bertz CT molecular complexity index is 326. The number of rotatable bonds is 4. The SMILES string of the molecule is CC(N)CCCC(=O)N1CCN(C)C(=O)C1(C)C. The lowest BCUT2D eigenvalue weighted by molar-refractivity contribution is -0.157. The second kappa shape index (κ2) is 5.69. The molecule has 18 heavy (non-hydrogen) atoms. The van der Waals surface area contributed by atoms with Gasteiger partial charge in [0, 0.05) is 32.6 Å². The standard InChI is InChI=1S/C13H25N3O2/c1-10(14)6-5-7-11(17)16-9-8-15(4)12(18)13(16,2)3/h10H,5-9,14H2,1-4H3. The van der Waals surface area contributed by atoms with Crippen LogP contribution in [0.1, 0.15) is 40.0 Å². The zero-order valence-corrected chi connectivity index (χ0v) is 11.9. The van der Waals surface area contributed by atoms with Gasteiger partial charge in [0.25, 0.3) is 0 Å². The minimum Gasteiger partial charge on any atom is -0.342 e. The molecule has 0 radical (unpaired) electrons. The lowest BCUT2D eigenvalue weighted by atomic mass is 9.97. The number of nitrogens with two attached hydrogens (primary N) is 1. The van der Waals surface area contributed by atoms with Gasteiger partial charge in [0.2, 0.25) is 11.8 Å². The predicted molar refractivity (Wildman–Crippen MR) is 70.9 cm³/mol. The first-order valence-electron chi connectivity index (χ1n) is 6.58. The topological polar surface area (TPSA) is 66.6 Å². The fourth-order valence-electron chi connectivity index (χ4n) is 2.36. The monoisotopic (exact) mass is 255 g/mol. The Morgan fingerprint density at radius 2 is 2.06 bits per heavy atom. The number of hydrogen-bond donors (Lipinski definition) is 1. The molecular formula is C13H25N3O2. The van der Waals surface area contributed by atoms with E-state index in [-0.39, 0.29) is 17.9 Å². The molecule has 1 aliphatic heterocycles. The summed E-state index contributed by atoms with van der Waals surface area (Å²) in [6.07, 6.45) is 2.10. The Balaban J connectivity index is 2.60. The van der Waals surface area contributed by atoms with Gasteiger partial charge in [-0.05, 0) is 33.6 Å². The smallest absolute Gasteiger partial charge is 0.247 e. The van der Waals surface area contributed by atoms with Gasteiger partial charge in [-0.1, -0.05) is 0 Å². The van der Waals surface area contributed by atoms with Crippen LogP contribution >= 0.6 is 0 Å². The first-order valence-corrected chi connectivity index (χ1v) is 6.58. The van der Waals surface area contributed by atoms with Crippen LogP contribution in [0.3, 0.4) is 0 Å². The van der Waals surface area contributed by atoms with Crippen LogP contribution < -0.4 is 5.73 Å². The zero-order valence-electron chi connectivity index (χ0n) is 11.9. The molecule has 1 saturated heterocycles. The molecule has 0 spiro atoms. The predicted octanol–water partition coefficient (Wildman–Crippen LogP) is 0.583. The van der Waals surface area contributed by atoms with E-state index in [4.69, 9.17) is 5.73 Å². The van der Waals surface area contributed by atoms with Crippen LogP contribution in [0.15, 0.2) is 0 Å². The van der Waals surface area contributed by atoms with Gasteiger partial charge < -0.3 is 15.5 Å². The summed E-state index contributed by atoms with van der Waals surface area (Å²) in [7, 11) is 1.78. The number of amides is 2. The summed E-state index contributed by atoms with van der Waals surface area (Å²) in [4.78, 5) is 27.6. The van der Waals surface area contributed by atoms with Gasteiger partial charge in [0.1, 0.15) is 5.54 Å². The van der Waals surface area contributed by atoms with Crippen molar-refractivity contribution in [2.75, 3.05) is 20.1 Å². The van der Waals surface area contributed by atoms with Crippen LogP contribution in [0, 0.1) is 0 Å². The minimum atomic E-state index is -0.724. The fourth-order valence-corrected chi connectivity index (χ4v) is 2.36. The molecule has 1 aliphatic rings. The maximum Gasteiger partial charge on any atom is 0.247 e. The molecule has 2 amide bonds. The van der Waals surface area contributed by atoms with Crippen molar-refractivity contribution < 1.29 is 9.59 Å². The number of likely N-dealkylation sites (N-methyl/N-ethyl adjacent to an activating group) is 1. The van der Waals surface area contributed by atoms with Crippen molar-refractivity contribution in [3.63, 3.8) is 0 Å². The molecule has 1 heterocycles. The molecule has 2 N–H and O–H groups in total. The van der Waals surface area contributed by atoms with E-state index in [0.717, 1.165) is 12.8 Å². The maximum atomic E-state index is 12.2. The highest BCUT2D eigenvalue weighted by Crippen LogP contribution is 2.23. The Morgan fingerprint density at radius 1 is 1.44 bits per heavy atom. The summed E-state index contributed by atoms with van der Waals surface area (Å²) in [6.45, 7) is 6.80. The van der Waals surface area contributed by atoms with Gasteiger partial charge in [-0.15, -0.1) is 0 Å². The van der Waals surface area contributed by atoms with Gasteiger partial charge in [-0.2, -0.15) is 0 Å². The van der Waals surface area contributed by atoms with Crippen LogP contribution in [0.5, 0.6) is 0 Å². The van der Waals surface area contributed by atoms with E-state index in [0.29, 0.717) is 19.5 Å². The van der Waals surface area contributed by atoms with E-state index in [2.05, 4.69) is 0 Å². The van der Waals surface area contributed by atoms with Crippen LogP contribution in [0.2, 0.25) is 0 Å². The molecule has 0 bridgehead atoms. The van der Waals surface area contributed by atoms with E-state index in [9.17, 15) is 9.59 Å². The van der Waals surface area contributed by atoms with Crippen molar-refractivity contribution in [2.45, 2.75) is 51.6 Å². The highest BCUT2D eigenvalue weighted by atomic mass is 16.2. The number of carbonyl (C=O) groups excluding carboxylic acids is 2. The molecular weight excluding hydrogens is 230 g/mol. The van der Waals surface area contributed by atoms with Gasteiger partial charge in [-0.3, -0.25) is 9.59 Å². The largest absolute Gasteiger partial charge is 0.342 e. The first kappa shape index (κ1) is 15.0. The average Bonchev–Trinajstić information content (AvgIpc) is 2.25. The second-order valence-electron chi connectivity index (χ2n) is 5.70. The molecule has 0 aromatic carbocycles. The Kier molecular flexibility index (Phi) is 4.73. The van der Waals surface area contributed by atoms with Crippen LogP contribution in [0.25, 0.3) is 0 Å². The highest BCUT2D eigenvalue weighted by molar-refractivity contribution is 5.91. The van der Waals surface area contributed by atoms with Crippen molar-refractivity contribution >= 4 is 11.8 Å². The molecule has 1 unspecified atom stereocenters. The summed E-state index contributed by atoms with van der Waals surface area (Å²) in [5.74, 6) is 0.0661. The van der Waals surface area contributed by atoms with Crippen LogP contribution in [0.4, 0.5) is 0 Å². The van der Waals surface area contributed by atoms with Crippen molar-refractivity contribution in [3.8, 4) is 0 Å². The van der Waals surface area contributed by atoms with E-state index >= 15 is 0 Å². The van der Waals surface area contributed by atoms with Crippen LogP contribution in [-0.4, -0.2) is 53.3 Å². The molecule has 5 nitrogen and oxygen atoms in total. The maximum absolute atomic E-state index is 12.2. The molecule has 104 valence electrons. The number of hydrogen-bond acceptors (Lipinski definition) is 3. The van der Waals surface area contributed by atoms with E-state index in [1.165, 1.54) is 0 Å². The number of carbonyl (C=O) groups is 2. The quantitative estimate of drug-likeness (QED) is 0.799.